The summed E-state index contributed by atoms with van der Waals surface area (Å²) in [5, 5.41) is 1.36. The molecule has 1 nitrogen and oxygen atoms in total. The molecule has 2 rings (SSSR count). The zero-order chi connectivity index (χ0) is 14.0. The lowest BCUT2D eigenvalue weighted by molar-refractivity contribution is 0.482. The molecule has 0 saturated heterocycles. The number of para-hydroxylation sites is 1. The lowest BCUT2D eigenvalue weighted by atomic mass is 10.2. The van der Waals surface area contributed by atoms with Crippen LogP contribution in [-0.2, 0) is 0 Å². The molecule has 0 N–H and O–H groups in total. The maximum atomic E-state index is 6.15. The van der Waals surface area contributed by atoms with Gasteiger partial charge >= 0.3 is 0 Å². The summed E-state index contributed by atoms with van der Waals surface area (Å²) in [7, 11) is -1.40. The summed E-state index contributed by atoms with van der Waals surface area (Å²) in [6.45, 7) is 9.08. The molecule has 0 saturated carbocycles. The van der Waals surface area contributed by atoms with Crippen LogP contribution in [0.15, 0.2) is 46.9 Å². The van der Waals surface area contributed by atoms with E-state index in [-0.39, 0.29) is 0 Å². The lowest BCUT2D eigenvalue weighted by Gasteiger charge is -2.21. The minimum Gasteiger partial charge on any atom is -0.457 e. The molecule has 0 radical (unpaired) electrons. The molecule has 0 aromatic heterocycles. The molecule has 0 aliphatic heterocycles. The molecule has 19 heavy (non-hydrogen) atoms. The summed E-state index contributed by atoms with van der Waals surface area (Å²) in [6, 6.07) is 14.5. The van der Waals surface area contributed by atoms with E-state index < -0.39 is 8.07 Å². The van der Waals surface area contributed by atoms with Gasteiger partial charge in [0.1, 0.15) is 11.5 Å². The zero-order valence-electron chi connectivity index (χ0n) is 11.8. The van der Waals surface area contributed by atoms with E-state index in [9.17, 15) is 0 Å². The van der Waals surface area contributed by atoms with Crippen LogP contribution >= 0.6 is 15.9 Å². The van der Waals surface area contributed by atoms with Gasteiger partial charge in [0.25, 0.3) is 0 Å². The van der Waals surface area contributed by atoms with Gasteiger partial charge in [0, 0.05) is 4.47 Å². The van der Waals surface area contributed by atoms with Gasteiger partial charge < -0.3 is 4.74 Å². The van der Waals surface area contributed by atoms with Crippen molar-refractivity contribution < 1.29 is 4.74 Å². The van der Waals surface area contributed by atoms with Crippen LogP contribution in [-0.4, -0.2) is 8.07 Å². The molecule has 0 fully saturated rings. The third kappa shape index (κ3) is 3.48. The first-order chi connectivity index (χ1) is 8.88. The maximum Gasteiger partial charge on any atom is 0.131 e. The van der Waals surface area contributed by atoms with Crippen molar-refractivity contribution in [1.82, 2.24) is 0 Å². The fourth-order valence-electron chi connectivity index (χ4n) is 1.98. The largest absolute Gasteiger partial charge is 0.457 e. The monoisotopic (exact) mass is 334 g/mol. The highest BCUT2D eigenvalue weighted by atomic mass is 79.9. The number of benzene rings is 2. The first-order valence-electron chi connectivity index (χ1n) is 6.41. The van der Waals surface area contributed by atoms with Gasteiger partial charge in [-0.15, -0.1) is 0 Å². The van der Waals surface area contributed by atoms with Crippen molar-refractivity contribution in [3.05, 3.63) is 52.5 Å². The van der Waals surface area contributed by atoms with Crippen molar-refractivity contribution in [2.45, 2.75) is 26.6 Å². The van der Waals surface area contributed by atoms with Crippen molar-refractivity contribution in [2.75, 3.05) is 0 Å². The maximum absolute atomic E-state index is 6.15. The fraction of sp³-hybridized carbons (Fsp3) is 0.250. The SMILES string of the molecule is Cc1ccc(Br)cc1Oc1ccccc1[Si](C)(C)C. The van der Waals surface area contributed by atoms with E-state index in [4.69, 9.17) is 4.74 Å². The minimum atomic E-state index is -1.40. The highest BCUT2D eigenvalue weighted by molar-refractivity contribution is 9.10. The van der Waals surface area contributed by atoms with Crippen molar-refractivity contribution >= 4 is 29.2 Å². The van der Waals surface area contributed by atoms with Crippen LogP contribution in [0, 0.1) is 6.92 Å². The molecule has 0 amide bonds. The van der Waals surface area contributed by atoms with Gasteiger partial charge in [0.2, 0.25) is 0 Å². The lowest BCUT2D eigenvalue weighted by Crippen LogP contribution is -2.38. The Kier molecular flexibility index (Phi) is 4.16. The van der Waals surface area contributed by atoms with Gasteiger partial charge in [-0.1, -0.05) is 59.8 Å². The average molecular weight is 335 g/mol. The van der Waals surface area contributed by atoms with E-state index in [1.54, 1.807) is 0 Å². The van der Waals surface area contributed by atoms with Crippen LogP contribution in [0.2, 0.25) is 19.6 Å². The highest BCUT2D eigenvalue weighted by Crippen LogP contribution is 2.28. The molecule has 0 atom stereocenters. The average Bonchev–Trinajstić information content (AvgIpc) is 2.33. The quantitative estimate of drug-likeness (QED) is 0.710. The summed E-state index contributed by atoms with van der Waals surface area (Å²) < 4.78 is 7.19. The van der Waals surface area contributed by atoms with E-state index in [0.29, 0.717) is 0 Å². The second kappa shape index (κ2) is 5.51. The third-order valence-corrected chi connectivity index (χ3v) is 5.59. The normalized spacial score (nSPS) is 11.4. The molecule has 0 unspecified atom stereocenters. The van der Waals surface area contributed by atoms with Crippen LogP contribution in [0.5, 0.6) is 11.5 Å². The van der Waals surface area contributed by atoms with Crippen molar-refractivity contribution in [3.8, 4) is 11.5 Å². The topological polar surface area (TPSA) is 9.23 Å². The Morgan fingerprint density at radius 3 is 2.32 bits per heavy atom. The Morgan fingerprint density at radius 2 is 1.63 bits per heavy atom. The fourth-order valence-corrected chi connectivity index (χ4v) is 3.79. The van der Waals surface area contributed by atoms with Crippen molar-refractivity contribution in [1.29, 1.82) is 0 Å². The summed E-state index contributed by atoms with van der Waals surface area (Å²) in [4.78, 5) is 0. The Morgan fingerprint density at radius 1 is 0.947 bits per heavy atom. The number of hydrogen-bond acceptors (Lipinski definition) is 1. The van der Waals surface area contributed by atoms with Gasteiger partial charge in [0.05, 0.1) is 8.07 Å². The number of rotatable bonds is 3. The first kappa shape index (κ1) is 14.3. The molecule has 0 heterocycles. The molecule has 0 bridgehead atoms. The van der Waals surface area contributed by atoms with Crippen molar-refractivity contribution in [2.24, 2.45) is 0 Å². The molecule has 2 aromatic carbocycles. The van der Waals surface area contributed by atoms with Crippen molar-refractivity contribution in [3.63, 3.8) is 0 Å². The Bertz CT molecular complexity index is 588. The highest BCUT2D eigenvalue weighted by Gasteiger charge is 2.21. The molecular weight excluding hydrogens is 316 g/mol. The van der Waals surface area contributed by atoms with Crippen LogP contribution in [0.3, 0.4) is 0 Å². The summed E-state index contributed by atoms with van der Waals surface area (Å²) in [5.41, 5.74) is 1.15. The van der Waals surface area contributed by atoms with Gasteiger partial charge in [0.15, 0.2) is 0 Å². The summed E-state index contributed by atoms with van der Waals surface area (Å²) >= 11 is 3.50. The van der Waals surface area contributed by atoms with E-state index in [1.165, 1.54) is 5.19 Å². The van der Waals surface area contributed by atoms with E-state index in [2.05, 4.69) is 66.8 Å². The van der Waals surface area contributed by atoms with Crippen LogP contribution in [0.25, 0.3) is 0 Å². The molecule has 3 heteroatoms. The number of ether oxygens (including phenoxy) is 1. The minimum absolute atomic E-state index is 0.917. The number of halogens is 1. The molecule has 0 aliphatic rings. The van der Waals surface area contributed by atoms with Crippen LogP contribution < -0.4 is 9.92 Å². The number of aryl methyl sites for hydroxylation is 1. The molecule has 0 spiro atoms. The zero-order valence-corrected chi connectivity index (χ0v) is 14.4. The predicted octanol–water partition coefficient (Wildman–Crippen LogP) is 5.10. The molecule has 100 valence electrons. The Hall–Kier alpha value is -1.06. The smallest absolute Gasteiger partial charge is 0.131 e. The van der Waals surface area contributed by atoms with E-state index in [1.807, 2.05) is 18.2 Å². The first-order valence-corrected chi connectivity index (χ1v) is 10.7. The second-order valence-corrected chi connectivity index (χ2v) is 11.7. The third-order valence-electron chi connectivity index (χ3n) is 3.07. The number of hydrogen-bond donors (Lipinski definition) is 0. The van der Waals surface area contributed by atoms with Gasteiger partial charge in [-0.25, -0.2) is 0 Å². The Balaban J connectivity index is 2.41. The summed E-state index contributed by atoms with van der Waals surface area (Å²) in [6.07, 6.45) is 0. The molecule has 2 aromatic rings. The van der Waals surface area contributed by atoms with E-state index >= 15 is 0 Å². The molecular formula is C16H19BrOSi. The second-order valence-electron chi connectivity index (χ2n) is 5.76. The predicted molar refractivity (Wildman–Crippen MR) is 88.4 cm³/mol. The van der Waals surface area contributed by atoms with E-state index in [0.717, 1.165) is 21.5 Å². The van der Waals surface area contributed by atoms with Crippen LogP contribution in [0.1, 0.15) is 5.56 Å². The standard InChI is InChI=1S/C16H19BrOSi/c1-12-9-10-13(17)11-15(12)18-14-7-5-6-8-16(14)19(2,3)4/h5-11H,1-4H3. The van der Waals surface area contributed by atoms with Crippen LogP contribution in [0.4, 0.5) is 0 Å². The summed E-state index contributed by atoms with van der Waals surface area (Å²) in [5.74, 6) is 1.91. The van der Waals surface area contributed by atoms with Gasteiger partial charge in [-0.2, -0.15) is 0 Å². The van der Waals surface area contributed by atoms with Gasteiger partial charge in [-0.3, -0.25) is 0 Å². The Labute approximate surface area is 124 Å². The molecule has 0 aliphatic carbocycles. The van der Waals surface area contributed by atoms with Gasteiger partial charge in [-0.05, 0) is 35.9 Å².